The normalized spacial score (nSPS) is 3.50. The summed E-state index contributed by atoms with van der Waals surface area (Å²) < 4.78 is 0. The zero-order valence-electron chi connectivity index (χ0n) is 3.21. The van der Waals surface area contributed by atoms with E-state index < -0.39 is 0 Å². The Balaban J connectivity index is 0. The molecule has 2 heteroatoms. The third kappa shape index (κ3) is 16.5. The summed E-state index contributed by atoms with van der Waals surface area (Å²) >= 11 is 0.500. The summed E-state index contributed by atoms with van der Waals surface area (Å²) in [4.78, 5) is 0. The summed E-state index contributed by atoms with van der Waals surface area (Å²) in [5.41, 5.74) is 0. The van der Waals surface area contributed by atoms with E-state index in [1.165, 1.54) is 0 Å². The first-order valence-electron chi connectivity index (χ1n) is 1.00. The van der Waals surface area contributed by atoms with Crippen LogP contribution in [0.4, 0.5) is 0 Å². The summed E-state index contributed by atoms with van der Waals surface area (Å²) in [5, 5.41) is 4.50. The van der Waals surface area contributed by atoms with Gasteiger partial charge in [-0.3, -0.25) is 0 Å². The fraction of sp³-hybridized carbons (Fsp3) is 1.00. The Morgan fingerprint density at radius 2 is 1.25 bits per heavy atom. The molecular formula is C2H9NTi. The minimum atomic E-state index is 0. The van der Waals surface area contributed by atoms with Gasteiger partial charge in [0, 0.05) is 0 Å². The molecule has 0 atom stereocenters. The molecule has 0 aromatic heterocycles. The molecule has 3 N–H and O–H groups in total. The van der Waals surface area contributed by atoms with E-state index in [9.17, 15) is 0 Å². The van der Waals surface area contributed by atoms with Gasteiger partial charge in [-0.25, -0.2) is 0 Å². The van der Waals surface area contributed by atoms with Gasteiger partial charge in [0.2, 0.25) is 0 Å². The fourth-order valence-electron chi connectivity index (χ4n) is 0. The molecule has 26 valence electrons. The van der Waals surface area contributed by atoms with Crippen LogP contribution in [0.25, 0.3) is 0 Å². The average molecular weight is 95.0 g/mol. The maximum absolute atomic E-state index is 2.25. The molecule has 0 aromatic carbocycles. The molecule has 0 aromatic rings. The molecule has 0 spiro atoms. The molecule has 0 unspecified atom stereocenters. The van der Waals surface area contributed by atoms with E-state index in [0.29, 0.717) is 19.2 Å². The minimum absolute atomic E-state index is 0. The van der Waals surface area contributed by atoms with Crippen LogP contribution in [0.5, 0.6) is 0 Å². The predicted octanol–water partition coefficient (Wildman–Crippen LogP) is 1.33. The molecule has 0 heterocycles. The average Bonchev–Trinajstić information content (AvgIpc) is 0.918. The van der Waals surface area contributed by atoms with Gasteiger partial charge in [-0.1, -0.05) is 0 Å². The van der Waals surface area contributed by atoms with E-state index in [0.717, 1.165) is 0 Å². The molecule has 4 heavy (non-hydrogen) atoms. The summed E-state index contributed by atoms with van der Waals surface area (Å²) in [5.74, 6) is 0. The molecule has 0 saturated heterocycles. The first-order chi connectivity index (χ1) is 1.41. The molecule has 0 aliphatic rings. The Bertz CT molecular complexity index is 6.00. The standard InChI is InChI=1S/2CH3.H3N.Ti/h3*1H3;. The summed E-state index contributed by atoms with van der Waals surface area (Å²) in [6.07, 6.45) is 0. The molecule has 1 nitrogen and oxygen atoms in total. The van der Waals surface area contributed by atoms with Crippen LogP contribution < -0.4 is 6.15 Å². The van der Waals surface area contributed by atoms with Gasteiger partial charge in [0.05, 0.1) is 0 Å². The predicted molar refractivity (Wildman–Crippen MR) is 16.8 cm³/mol. The monoisotopic (exact) mass is 95.0 g/mol. The van der Waals surface area contributed by atoms with E-state index in [-0.39, 0.29) is 6.15 Å². The molecule has 0 radical (unpaired) electrons. The topological polar surface area (TPSA) is 35.0 Å². The van der Waals surface area contributed by atoms with E-state index in [2.05, 4.69) is 10.5 Å². The first kappa shape index (κ1) is 8.82. The van der Waals surface area contributed by atoms with Gasteiger partial charge in [-0.2, -0.15) is 0 Å². The van der Waals surface area contributed by atoms with Crippen LogP contribution in [0.15, 0.2) is 0 Å². The Labute approximate surface area is 36.3 Å². The summed E-state index contributed by atoms with van der Waals surface area (Å²) in [6, 6.07) is 0. The molecule has 0 amide bonds. The molecule has 0 aliphatic heterocycles. The zero-order chi connectivity index (χ0) is 2.71. The quantitative estimate of drug-likeness (QED) is 0.452. The van der Waals surface area contributed by atoms with Crippen LogP contribution in [-0.2, 0) is 19.2 Å². The van der Waals surface area contributed by atoms with Crippen molar-refractivity contribution < 1.29 is 19.2 Å². The molecule has 0 bridgehead atoms. The van der Waals surface area contributed by atoms with E-state index in [1.54, 1.807) is 0 Å². The van der Waals surface area contributed by atoms with Crippen molar-refractivity contribution in [2.45, 2.75) is 10.5 Å². The summed E-state index contributed by atoms with van der Waals surface area (Å²) in [6.45, 7) is 0. The molecule has 0 fully saturated rings. The molecule has 0 saturated carbocycles. The molecule has 0 rings (SSSR count). The third-order valence-electron chi connectivity index (χ3n) is 0. The van der Waals surface area contributed by atoms with Gasteiger partial charge in [0.1, 0.15) is 0 Å². The molecular weight excluding hydrogens is 85.9 g/mol. The zero-order valence-corrected chi connectivity index (χ0v) is 4.77. The molecule has 0 aliphatic carbocycles. The van der Waals surface area contributed by atoms with Gasteiger partial charge >= 0.3 is 29.6 Å². The Morgan fingerprint density at radius 3 is 1.25 bits per heavy atom. The van der Waals surface area contributed by atoms with Crippen molar-refractivity contribution in [3.8, 4) is 0 Å². The second-order valence-corrected chi connectivity index (χ2v) is 2.06. The third-order valence-corrected chi connectivity index (χ3v) is 0. The number of rotatable bonds is 0. The van der Waals surface area contributed by atoms with Crippen LogP contribution in [0, 0.1) is 0 Å². The van der Waals surface area contributed by atoms with Crippen molar-refractivity contribution >= 4 is 0 Å². The maximum atomic E-state index is 2.25. The van der Waals surface area contributed by atoms with Crippen LogP contribution in [-0.4, -0.2) is 0 Å². The van der Waals surface area contributed by atoms with Crippen LogP contribution >= 0.6 is 0 Å². The van der Waals surface area contributed by atoms with Crippen molar-refractivity contribution in [3.05, 3.63) is 0 Å². The van der Waals surface area contributed by atoms with Crippen molar-refractivity contribution in [1.82, 2.24) is 6.15 Å². The van der Waals surface area contributed by atoms with Crippen molar-refractivity contribution in [2.75, 3.05) is 0 Å². The number of hydrogen-bond donors (Lipinski definition) is 1. The Hall–Kier alpha value is 0.674. The van der Waals surface area contributed by atoms with Gasteiger partial charge in [-0.15, -0.1) is 0 Å². The number of hydrogen-bond acceptors (Lipinski definition) is 1. The van der Waals surface area contributed by atoms with Gasteiger partial charge in [0.25, 0.3) is 0 Å². The van der Waals surface area contributed by atoms with E-state index in [1.807, 2.05) is 0 Å². The van der Waals surface area contributed by atoms with Crippen molar-refractivity contribution in [2.24, 2.45) is 0 Å². The Morgan fingerprint density at radius 1 is 1.25 bits per heavy atom. The van der Waals surface area contributed by atoms with Gasteiger partial charge in [-0.05, 0) is 0 Å². The van der Waals surface area contributed by atoms with Crippen molar-refractivity contribution in [1.29, 1.82) is 0 Å². The van der Waals surface area contributed by atoms with Crippen LogP contribution in [0.3, 0.4) is 0 Å². The van der Waals surface area contributed by atoms with Gasteiger partial charge in [0.15, 0.2) is 0 Å². The second kappa shape index (κ2) is 9.37. The van der Waals surface area contributed by atoms with E-state index >= 15 is 0 Å². The Kier molecular flexibility index (Phi) is 20.7. The fourth-order valence-corrected chi connectivity index (χ4v) is 0. The van der Waals surface area contributed by atoms with Crippen molar-refractivity contribution in [3.63, 3.8) is 0 Å². The van der Waals surface area contributed by atoms with Crippen LogP contribution in [0.2, 0.25) is 10.5 Å². The van der Waals surface area contributed by atoms with Crippen LogP contribution in [0.1, 0.15) is 0 Å². The second-order valence-electron chi connectivity index (χ2n) is 0.500. The van der Waals surface area contributed by atoms with Gasteiger partial charge < -0.3 is 6.15 Å². The first-order valence-corrected chi connectivity index (χ1v) is 4.12. The SMILES string of the molecule is N.[CH3][Ti][CH3]. The van der Waals surface area contributed by atoms with E-state index in [4.69, 9.17) is 0 Å². The summed E-state index contributed by atoms with van der Waals surface area (Å²) in [7, 11) is 0.